The topological polar surface area (TPSA) is 42.2 Å². The molecule has 0 bridgehead atoms. The van der Waals surface area contributed by atoms with E-state index in [0.717, 1.165) is 24.7 Å². The Morgan fingerprint density at radius 2 is 2.00 bits per heavy atom. The summed E-state index contributed by atoms with van der Waals surface area (Å²) in [4.78, 5) is 8.45. The molecule has 4 heteroatoms. The molecule has 0 amide bonds. The third-order valence-corrected chi connectivity index (χ3v) is 5.88. The quantitative estimate of drug-likeness (QED) is 0.892. The maximum absolute atomic E-state index is 6.02. The first-order valence-corrected chi connectivity index (χ1v) is 8.58. The Morgan fingerprint density at radius 3 is 2.55 bits per heavy atom. The zero-order valence-corrected chi connectivity index (χ0v) is 14.4. The molecule has 2 unspecified atom stereocenters. The molecule has 0 aliphatic carbocycles. The molecule has 1 fully saturated rings. The summed E-state index contributed by atoms with van der Waals surface area (Å²) in [5, 5.41) is 1.17. The third kappa shape index (κ3) is 3.53. The van der Waals surface area contributed by atoms with Crippen molar-refractivity contribution in [3.05, 3.63) is 10.6 Å². The Bertz CT molecular complexity index is 445. The Morgan fingerprint density at radius 1 is 1.30 bits per heavy atom. The van der Waals surface area contributed by atoms with Gasteiger partial charge in [-0.05, 0) is 44.4 Å². The van der Waals surface area contributed by atoms with Crippen LogP contribution in [-0.2, 0) is 0 Å². The van der Waals surface area contributed by atoms with Gasteiger partial charge in [-0.1, -0.05) is 20.8 Å². The van der Waals surface area contributed by atoms with Crippen LogP contribution in [-0.4, -0.2) is 18.1 Å². The van der Waals surface area contributed by atoms with Crippen LogP contribution in [0.25, 0.3) is 0 Å². The van der Waals surface area contributed by atoms with E-state index in [0.29, 0.717) is 5.41 Å². The van der Waals surface area contributed by atoms with E-state index in [9.17, 15) is 0 Å². The van der Waals surface area contributed by atoms with Crippen molar-refractivity contribution in [2.45, 2.75) is 59.9 Å². The second-order valence-electron chi connectivity index (χ2n) is 7.22. The van der Waals surface area contributed by atoms with Crippen LogP contribution in [0.4, 0.5) is 5.13 Å². The highest BCUT2D eigenvalue weighted by atomic mass is 32.1. The van der Waals surface area contributed by atoms with E-state index >= 15 is 0 Å². The molecular formula is C16H29N3S. The lowest BCUT2D eigenvalue weighted by molar-refractivity contribution is 0.220. The Labute approximate surface area is 127 Å². The van der Waals surface area contributed by atoms with Crippen molar-refractivity contribution in [1.29, 1.82) is 0 Å². The molecule has 1 saturated heterocycles. The fourth-order valence-electron chi connectivity index (χ4n) is 3.10. The zero-order chi connectivity index (χ0) is 14.9. The zero-order valence-electron chi connectivity index (χ0n) is 13.6. The Hall–Kier alpha value is -0.610. The molecule has 1 aliphatic heterocycles. The SMILES string of the molecule is Cc1nc(N2CCCC(C(C)(C)C)CC2)sc1C(C)N. The number of thiazole rings is 1. The van der Waals surface area contributed by atoms with Gasteiger partial charge in [0, 0.05) is 24.0 Å². The summed E-state index contributed by atoms with van der Waals surface area (Å²) in [7, 11) is 0. The molecule has 2 rings (SSSR count). The van der Waals surface area contributed by atoms with E-state index in [1.165, 1.54) is 29.3 Å². The van der Waals surface area contributed by atoms with Crippen LogP contribution in [0.1, 0.15) is 63.6 Å². The van der Waals surface area contributed by atoms with E-state index < -0.39 is 0 Å². The van der Waals surface area contributed by atoms with Crippen molar-refractivity contribution in [3.63, 3.8) is 0 Å². The van der Waals surface area contributed by atoms with Gasteiger partial charge in [0.15, 0.2) is 5.13 Å². The van der Waals surface area contributed by atoms with E-state index in [-0.39, 0.29) is 6.04 Å². The molecule has 1 aromatic heterocycles. The summed E-state index contributed by atoms with van der Waals surface area (Å²) >= 11 is 1.78. The number of hydrogen-bond acceptors (Lipinski definition) is 4. The molecule has 2 atom stereocenters. The maximum Gasteiger partial charge on any atom is 0.185 e. The third-order valence-electron chi connectivity index (χ3n) is 4.46. The standard InChI is InChI=1S/C16H29N3S/c1-11(17)14-12(2)18-15(20-14)19-9-6-7-13(8-10-19)16(3,4)5/h11,13H,6-10,17H2,1-5H3. The van der Waals surface area contributed by atoms with Gasteiger partial charge in [-0.3, -0.25) is 0 Å². The highest BCUT2D eigenvalue weighted by Crippen LogP contribution is 2.36. The van der Waals surface area contributed by atoms with Crippen LogP contribution in [0.2, 0.25) is 0 Å². The van der Waals surface area contributed by atoms with Crippen molar-refractivity contribution < 1.29 is 0 Å². The molecule has 0 radical (unpaired) electrons. The van der Waals surface area contributed by atoms with Crippen LogP contribution in [0.15, 0.2) is 0 Å². The number of aryl methyl sites for hydroxylation is 1. The van der Waals surface area contributed by atoms with Crippen molar-refractivity contribution in [1.82, 2.24) is 4.98 Å². The Kier molecular flexibility index (Phi) is 4.75. The molecule has 0 aromatic carbocycles. The Balaban J connectivity index is 2.09. The number of aromatic nitrogens is 1. The average Bonchev–Trinajstić information content (AvgIpc) is 2.58. The molecule has 2 heterocycles. The number of anilines is 1. The summed E-state index contributed by atoms with van der Waals surface area (Å²) in [6.45, 7) is 13.5. The lowest BCUT2D eigenvalue weighted by Gasteiger charge is -2.29. The number of rotatable bonds is 2. The fourth-order valence-corrected chi connectivity index (χ4v) is 4.18. The van der Waals surface area contributed by atoms with Crippen molar-refractivity contribution >= 4 is 16.5 Å². The number of hydrogen-bond donors (Lipinski definition) is 1. The van der Waals surface area contributed by atoms with E-state index in [1.807, 2.05) is 6.92 Å². The molecule has 20 heavy (non-hydrogen) atoms. The van der Waals surface area contributed by atoms with Crippen molar-refractivity contribution in [3.8, 4) is 0 Å². The van der Waals surface area contributed by atoms with Crippen LogP contribution in [0.3, 0.4) is 0 Å². The highest BCUT2D eigenvalue weighted by molar-refractivity contribution is 7.15. The molecular weight excluding hydrogens is 266 g/mol. The van der Waals surface area contributed by atoms with Gasteiger partial charge in [-0.15, -0.1) is 11.3 Å². The van der Waals surface area contributed by atoms with Gasteiger partial charge < -0.3 is 10.6 Å². The maximum atomic E-state index is 6.02. The minimum absolute atomic E-state index is 0.0931. The largest absolute Gasteiger partial charge is 0.348 e. The van der Waals surface area contributed by atoms with Gasteiger partial charge in [-0.2, -0.15) is 0 Å². The summed E-state index contributed by atoms with van der Waals surface area (Å²) in [5.74, 6) is 0.821. The van der Waals surface area contributed by atoms with E-state index in [4.69, 9.17) is 10.7 Å². The van der Waals surface area contributed by atoms with Crippen molar-refractivity contribution in [2.75, 3.05) is 18.0 Å². The first kappa shape index (κ1) is 15.8. The second-order valence-corrected chi connectivity index (χ2v) is 8.22. The predicted octanol–water partition coefficient (Wildman–Crippen LogP) is 4.12. The van der Waals surface area contributed by atoms with Gasteiger partial charge >= 0.3 is 0 Å². The van der Waals surface area contributed by atoms with Crippen LogP contribution >= 0.6 is 11.3 Å². The first-order chi connectivity index (χ1) is 9.29. The van der Waals surface area contributed by atoms with Gasteiger partial charge in [-0.25, -0.2) is 4.98 Å². The number of nitrogens with zero attached hydrogens (tertiary/aromatic N) is 2. The summed E-state index contributed by atoms with van der Waals surface area (Å²) in [6, 6.07) is 0.0931. The molecule has 0 saturated carbocycles. The second kappa shape index (κ2) is 6.02. The molecule has 0 spiro atoms. The molecule has 1 aromatic rings. The first-order valence-electron chi connectivity index (χ1n) is 7.77. The molecule has 3 nitrogen and oxygen atoms in total. The monoisotopic (exact) mass is 295 g/mol. The molecule has 2 N–H and O–H groups in total. The van der Waals surface area contributed by atoms with Gasteiger partial charge in [0.05, 0.1) is 5.69 Å². The lowest BCUT2D eigenvalue weighted by Crippen LogP contribution is -2.25. The predicted molar refractivity (Wildman–Crippen MR) is 88.5 cm³/mol. The number of nitrogens with two attached hydrogens (primary N) is 1. The van der Waals surface area contributed by atoms with E-state index in [2.05, 4.69) is 32.6 Å². The van der Waals surface area contributed by atoms with Gasteiger partial charge in [0.1, 0.15) is 0 Å². The van der Waals surface area contributed by atoms with Crippen LogP contribution < -0.4 is 10.6 Å². The normalized spacial score (nSPS) is 22.7. The summed E-state index contributed by atoms with van der Waals surface area (Å²) in [5.41, 5.74) is 7.55. The molecule has 1 aliphatic rings. The fraction of sp³-hybridized carbons (Fsp3) is 0.812. The van der Waals surface area contributed by atoms with Crippen LogP contribution in [0.5, 0.6) is 0 Å². The minimum Gasteiger partial charge on any atom is -0.348 e. The van der Waals surface area contributed by atoms with Gasteiger partial charge in [0.2, 0.25) is 0 Å². The lowest BCUT2D eigenvalue weighted by atomic mass is 9.77. The average molecular weight is 295 g/mol. The summed E-state index contributed by atoms with van der Waals surface area (Å²) < 4.78 is 0. The van der Waals surface area contributed by atoms with Gasteiger partial charge in [0.25, 0.3) is 0 Å². The van der Waals surface area contributed by atoms with E-state index in [1.54, 1.807) is 11.3 Å². The minimum atomic E-state index is 0.0931. The highest BCUT2D eigenvalue weighted by Gasteiger charge is 2.28. The van der Waals surface area contributed by atoms with Crippen molar-refractivity contribution in [2.24, 2.45) is 17.1 Å². The summed E-state index contributed by atoms with van der Waals surface area (Å²) in [6.07, 6.45) is 3.88. The smallest absolute Gasteiger partial charge is 0.185 e. The molecule has 114 valence electrons. The van der Waals surface area contributed by atoms with Crippen LogP contribution in [0, 0.1) is 18.3 Å².